The van der Waals surface area contributed by atoms with Crippen LogP contribution >= 0.6 is 11.3 Å². The first-order valence-corrected chi connectivity index (χ1v) is 6.28. The van der Waals surface area contributed by atoms with Crippen molar-refractivity contribution < 1.29 is 14.7 Å². The largest absolute Gasteiger partial charge is 0.478 e. The Morgan fingerprint density at radius 1 is 1.56 bits per heavy atom. The second kappa shape index (κ2) is 7.44. The van der Waals surface area contributed by atoms with Crippen LogP contribution in [0.4, 0.5) is 4.79 Å². The first-order valence-electron chi connectivity index (χ1n) is 5.40. The van der Waals surface area contributed by atoms with Crippen molar-refractivity contribution in [1.82, 2.24) is 15.6 Å². The van der Waals surface area contributed by atoms with Crippen LogP contribution in [0.5, 0.6) is 0 Å². The number of carbonyl (C=O) groups is 2. The third-order valence-electron chi connectivity index (χ3n) is 2.08. The normalized spacial score (nSPS) is 12.3. The van der Waals surface area contributed by atoms with Crippen molar-refractivity contribution in [3.63, 3.8) is 0 Å². The molecule has 1 aromatic rings. The van der Waals surface area contributed by atoms with E-state index in [0.717, 1.165) is 11.1 Å². The van der Waals surface area contributed by atoms with Gasteiger partial charge < -0.3 is 15.7 Å². The van der Waals surface area contributed by atoms with Gasteiger partial charge in [0.25, 0.3) is 0 Å². The number of nitrogens with zero attached hydrogens (tertiary/aromatic N) is 1. The average molecular weight is 269 g/mol. The smallest absolute Gasteiger partial charge is 0.328 e. The van der Waals surface area contributed by atoms with E-state index in [1.54, 1.807) is 17.5 Å². The molecule has 3 N–H and O–H groups in total. The van der Waals surface area contributed by atoms with Crippen LogP contribution in [0.25, 0.3) is 0 Å². The number of hydrogen-bond donors (Lipinski definition) is 3. The Hall–Kier alpha value is -1.89. The number of rotatable bonds is 6. The summed E-state index contributed by atoms with van der Waals surface area (Å²) in [5.41, 5.74) is 0. The Kier molecular flexibility index (Phi) is 5.86. The molecule has 2 amide bonds. The highest BCUT2D eigenvalue weighted by molar-refractivity contribution is 7.09. The minimum absolute atomic E-state index is 0.158. The molecule has 1 unspecified atom stereocenters. The zero-order valence-corrected chi connectivity index (χ0v) is 10.7. The summed E-state index contributed by atoms with van der Waals surface area (Å²) in [7, 11) is 0. The molecule has 1 aromatic heterocycles. The lowest BCUT2D eigenvalue weighted by atomic mass is 10.2. The lowest BCUT2D eigenvalue weighted by Gasteiger charge is -2.10. The monoisotopic (exact) mass is 269 g/mol. The van der Waals surface area contributed by atoms with Crippen molar-refractivity contribution >= 4 is 23.3 Å². The maximum Gasteiger partial charge on any atom is 0.328 e. The second-order valence-corrected chi connectivity index (χ2v) is 4.53. The first-order chi connectivity index (χ1) is 8.59. The molecule has 0 spiro atoms. The van der Waals surface area contributed by atoms with E-state index in [2.05, 4.69) is 15.6 Å². The lowest BCUT2D eigenvalue weighted by molar-refractivity contribution is -0.131. The van der Waals surface area contributed by atoms with Crippen LogP contribution in [-0.4, -0.2) is 35.2 Å². The van der Waals surface area contributed by atoms with Crippen LogP contribution in [0.1, 0.15) is 17.8 Å². The van der Waals surface area contributed by atoms with Crippen molar-refractivity contribution in [2.24, 2.45) is 0 Å². The van der Waals surface area contributed by atoms with Gasteiger partial charge in [0.1, 0.15) is 0 Å². The molecule has 6 nitrogen and oxygen atoms in total. The number of hydrogen-bond acceptors (Lipinski definition) is 4. The number of carboxylic acid groups (broad SMARTS) is 1. The molecule has 0 saturated heterocycles. The van der Waals surface area contributed by atoms with E-state index in [0.29, 0.717) is 6.54 Å². The number of urea groups is 1. The third-order valence-corrected chi connectivity index (χ3v) is 3.09. The van der Waals surface area contributed by atoms with E-state index < -0.39 is 5.97 Å². The van der Waals surface area contributed by atoms with E-state index in [1.807, 2.05) is 12.3 Å². The molecular formula is C11H15N3O3S. The van der Waals surface area contributed by atoms with Gasteiger partial charge in [-0.25, -0.2) is 14.6 Å². The quantitative estimate of drug-likeness (QED) is 0.676. The molecule has 0 aliphatic carbocycles. The van der Waals surface area contributed by atoms with E-state index in [-0.39, 0.29) is 18.5 Å². The summed E-state index contributed by atoms with van der Waals surface area (Å²) in [5.74, 6) is -0.875. The highest BCUT2D eigenvalue weighted by Gasteiger charge is 2.09. The molecule has 1 atom stereocenters. The Morgan fingerprint density at radius 2 is 2.33 bits per heavy atom. The van der Waals surface area contributed by atoms with Gasteiger partial charge in [0, 0.05) is 36.7 Å². The van der Waals surface area contributed by atoms with Gasteiger partial charge in [-0.1, -0.05) is 13.0 Å². The van der Waals surface area contributed by atoms with Crippen LogP contribution in [0.2, 0.25) is 0 Å². The first kappa shape index (κ1) is 14.2. The number of nitrogens with one attached hydrogen (secondary N) is 2. The van der Waals surface area contributed by atoms with Gasteiger partial charge in [0.2, 0.25) is 0 Å². The van der Waals surface area contributed by atoms with E-state index in [4.69, 9.17) is 5.11 Å². The molecule has 0 aliphatic heterocycles. The fraction of sp³-hybridized carbons (Fsp3) is 0.364. The lowest BCUT2D eigenvalue weighted by Crippen LogP contribution is -2.37. The van der Waals surface area contributed by atoms with Crippen molar-refractivity contribution in [1.29, 1.82) is 0 Å². The van der Waals surface area contributed by atoms with Gasteiger partial charge >= 0.3 is 12.0 Å². The van der Waals surface area contributed by atoms with Crippen LogP contribution in [0.15, 0.2) is 23.7 Å². The average Bonchev–Trinajstić information content (AvgIpc) is 2.85. The number of carbonyl (C=O) groups excluding carboxylic acids is 1. The minimum atomic E-state index is -1.03. The van der Waals surface area contributed by atoms with E-state index in [9.17, 15) is 9.59 Å². The molecular weight excluding hydrogens is 254 g/mol. The summed E-state index contributed by atoms with van der Waals surface area (Å²) in [6, 6.07) is -0.326. The fourth-order valence-corrected chi connectivity index (χ4v) is 1.88. The zero-order valence-electron chi connectivity index (χ0n) is 9.92. The van der Waals surface area contributed by atoms with Crippen molar-refractivity contribution in [2.45, 2.75) is 12.8 Å². The van der Waals surface area contributed by atoms with Crippen molar-refractivity contribution in [3.8, 4) is 0 Å². The van der Waals surface area contributed by atoms with Crippen LogP contribution in [-0.2, 0) is 4.79 Å². The summed E-state index contributed by atoms with van der Waals surface area (Å²) in [6.07, 6.45) is 4.08. The zero-order chi connectivity index (χ0) is 13.4. The van der Waals surface area contributed by atoms with Gasteiger partial charge in [-0.3, -0.25) is 0 Å². The molecule has 0 fully saturated rings. The second-order valence-electron chi connectivity index (χ2n) is 3.60. The molecule has 18 heavy (non-hydrogen) atoms. The molecule has 0 saturated carbocycles. The Balaban J connectivity index is 2.19. The number of carboxylic acids is 1. The fourth-order valence-electron chi connectivity index (χ4n) is 1.18. The topological polar surface area (TPSA) is 91.3 Å². The minimum Gasteiger partial charge on any atom is -0.478 e. The number of aromatic nitrogens is 1. The molecule has 98 valence electrons. The SMILES string of the molecule is CC(CNC(=O)NC/C=C/C(=O)O)c1nccs1. The maximum atomic E-state index is 11.3. The summed E-state index contributed by atoms with van der Waals surface area (Å²) >= 11 is 1.55. The molecule has 1 rings (SSSR count). The van der Waals surface area contributed by atoms with Gasteiger partial charge in [-0.15, -0.1) is 11.3 Å². The highest BCUT2D eigenvalue weighted by atomic mass is 32.1. The predicted octanol–water partition coefficient (Wildman–Crippen LogP) is 1.19. The van der Waals surface area contributed by atoms with Crippen LogP contribution in [0, 0.1) is 0 Å². The van der Waals surface area contributed by atoms with Gasteiger partial charge in [0.15, 0.2) is 0 Å². The van der Waals surface area contributed by atoms with E-state index in [1.165, 1.54) is 6.08 Å². The molecule has 0 radical (unpaired) electrons. The van der Waals surface area contributed by atoms with Gasteiger partial charge in [0.05, 0.1) is 5.01 Å². The van der Waals surface area contributed by atoms with Crippen LogP contribution < -0.4 is 10.6 Å². The van der Waals surface area contributed by atoms with Gasteiger partial charge in [-0.05, 0) is 0 Å². The van der Waals surface area contributed by atoms with Crippen molar-refractivity contribution in [3.05, 3.63) is 28.7 Å². The molecule has 0 bridgehead atoms. The Morgan fingerprint density at radius 3 is 2.94 bits per heavy atom. The third kappa shape index (κ3) is 5.44. The summed E-state index contributed by atoms with van der Waals surface area (Å²) in [5, 5.41) is 16.4. The predicted molar refractivity (Wildman–Crippen MR) is 68.7 cm³/mol. The van der Waals surface area contributed by atoms with Crippen LogP contribution in [0.3, 0.4) is 0 Å². The summed E-state index contributed by atoms with van der Waals surface area (Å²) in [6.45, 7) is 2.65. The Bertz CT molecular complexity index is 417. The Labute approximate surface area is 109 Å². The standard InChI is InChI=1S/C11H15N3O3S/c1-8(10-12-5-6-18-10)7-14-11(17)13-4-2-3-9(15)16/h2-3,5-6,8H,4,7H2,1H3,(H,15,16)(H2,13,14,17)/b3-2+. The number of amides is 2. The molecule has 0 aliphatic rings. The number of thiazole rings is 1. The summed E-state index contributed by atoms with van der Waals surface area (Å²) in [4.78, 5) is 25.7. The van der Waals surface area contributed by atoms with Crippen molar-refractivity contribution in [2.75, 3.05) is 13.1 Å². The molecule has 1 heterocycles. The maximum absolute atomic E-state index is 11.3. The summed E-state index contributed by atoms with van der Waals surface area (Å²) < 4.78 is 0. The number of aliphatic carboxylic acids is 1. The molecule has 7 heteroatoms. The molecule has 0 aromatic carbocycles. The van der Waals surface area contributed by atoms with Gasteiger partial charge in [-0.2, -0.15) is 0 Å². The van der Waals surface area contributed by atoms with E-state index >= 15 is 0 Å². The highest BCUT2D eigenvalue weighted by Crippen LogP contribution is 2.15.